The van der Waals surface area contributed by atoms with Crippen LogP contribution in [0.5, 0.6) is 0 Å². The van der Waals surface area contributed by atoms with Crippen molar-refractivity contribution < 1.29 is 4.79 Å². The maximum absolute atomic E-state index is 12.3. The zero-order chi connectivity index (χ0) is 17.6. The molecule has 0 unspecified atom stereocenters. The first-order valence-corrected chi connectivity index (χ1v) is 8.17. The second-order valence-corrected chi connectivity index (χ2v) is 6.00. The lowest BCUT2D eigenvalue weighted by molar-refractivity contribution is 0.0946. The molecule has 1 amide bonds. The molecular formula is C19H17ClN4O. The number of nitrogens with zero attached hydrogens (tertiary/aromatic N) is 2. The number of aromatic nitrogens is 2. The van der Waals surface area contributed by atoms with E-state index >= 15 is 0 Å². The van der Waals surface area contributed by atoms with E-state index in [9.17, 15) is 4.79 Å². The van der Waals surface area contributed by atoms with Gasteiger partial charge in [-0.05, 0) is 42.8 Å². The number of amides is 1. The summed E-state index contributed by atoms with van der Waals surface area (Å²) >= 11 is 5.86. The smallest absolute Gasteiger partial charge is 0.270 e. The average Bonchev–Trinajstić information content (AvgIpc) is 2.63. The van der Waals surface area contributed by atoms with Gasteiger partial charge in [-0.25, -0.2) is 9.97 Å². The van der Waals surface area contributed by atoms with Gasteiger partial charge in [0.25, 0.3) is 5.91 Å². The molecule has 0 aliphatic heterocycles. The third kappa shape index (κ3) is 4.78. The number of hydrogen-bond acceptors (Lipinski definition) is 4. The molecule has 2 aromatic carbocycles. The highest BCUT2D eigenvalue weighted by Crippen LogP contribution is 2.16. The van der Waals surface area contributed by atoms with Crippen LogP contribution in [0.25, 0.3) is 0 Å². The Kier molecular flexibility index (Phi) is 5.26. The quantitative estimate of drug-likeness (QED) is 0.725. The Morgan fingerprint density at radius 3 is 2.48 bits per heavy atom. The van der Waals surface area contributed by atoms with Crippen LogP contribution in [-0.4, -0.2) is 15.9 Å². The van der Waals surface area contributed by atoms with Crippen molar-refractivity contribution >= 4 is 29.1 Å². The molecule has 1 aromatic heterocycles. The third-order valence-electron chi connectivity index (χ3n) is 3.56. The van der Waals surface area contributed by atoms with E-state index in [1.807, 2.05) is 43.3 Å². The molecule has 0 aliphatic rings. The Labute approximate surface area is 151 Å². The molecule has 3 rings (SSSR count). The van der Waals surface area contributed by atoms with Crippen LogP contribution in [0, 0.1) is 6.92 Å². The maximum Gasteiger partial charge on any atom is 0.270 e. The number of carbonyl (C=O) groups excluding carboxylic acids is 1. The Morgan fingerprint density at radius 2 is 1.76 bits per heavy atom. The molecule has 25 heavy (non-hydrogen) atoms. The second-order valence-electron chi connectivity index (χ2n) is 5.57. The van der Waals surface area contributed by atoms with Gasteiger partial charge in [-0.2, -0.15) is 0 Å². The number of nitrogens with one attached hydrogen (secondary N) is 2. The molecule has 0 fully saturated rings. The van der Waals surface area contributed by atoms with E-state index in [0.29, 0.717) is 23.2 Å². The van der Waals surface area contributed by atoms with Crippen LogP contribution in [-0.2, 0) is 6.54 Å². The molecule has 0 atom stereocenters. The van der Waals surface area contributed by atoms with Gasteiger partial charge in [0.1, 0.15) is 5.69 Å². The lowest BCUT2D eigenvalue weighted by atomic mass is 10.1. The van der Waals surface area contributed by atoms with Gasteiger partial charge >= 0.3 is 0 Å². The molecule has 0 saturated heterocycles. The molecule has 0 aliphatic carbocycles. The summed E-state index contributed by atoms with van der Waals surface area (Å²) in [4.78, 5) is 20.7. The summed E-state index contributed by atoms with van der Waals surface area (Å²) in [6.45, 7) is 2.47. The largest absolute Gasteiger partial charge is 0.347 e. The van der Waals surface area contributed by atoms with E-state index in [1.54, 1.807) is 24.4 Å². The van der Waals surface area contributed by atoms with Gasteiger partial charge in [0, 0.05) is 23.5 Å². The molecule has 126 valence electrons. The zero-order valence-electron chi connectivity index (χ0n) is 13.7. The standard InChI is InChI=1S/C19H17ClN4O/c1-13-2-4-14(5-3-13)12-22-18(25)17-10-11-21-19(24-17)23-16-8-6-15(20)7-9-16/h2-11H,12H2,1H3,(H,22,25)(H,21,23,24). The van der Waals surface area contributed by atoms with Crippen molar-refractivity contribution in [1.29, 1.82) is 0 Å². The molecular weight excluding hydrogens is 336 g/mol. The Balaban J connectivity index is 1.64. The van der Waals surface area contributed by atoms with E-state index in [2.05, 4.69) is 20.6 Å². The summed E-state index contributed by atoms with van der Waals surface area (Å²) in [5, 5.41) is 6.55. The van der Waals surface area contributed by atoms with Crippen molar-refractivity contribution in [2.75, 3.05) is 5.32 Å². The van der Waals surface area contributed by atoms with Crippen LogP contribution in [0.15, 0.2) is 60.8 Å². The van der Waals surface area contributed by atoms with E-state index in [4.69, 9.17) is 11.6 Å². The fourth-order valence-electron chi connectivity index (χ4n) is 2.19. The zero-order valence-corrected chi connectivity index (χ0v) is 14.4. The van der Waals surface area contributed by atoms with Gasteiger partial charge in [0.2, 0.25) is 5.95 Å². The lowest BCUT2D eigenvalue weighted by Crippen LogP contribution is -2.24. The van der Waals surface area contributed by atoms with Gasteiger partial charge in [-0.1, -0.05) is 41.4 Å². The summed E-state index contributed by atoms with van der Waals surface area (Å²) in [6, 6.07) is 16.8. The number of halogens is 1. The van der Waals surface area contributed by atoms with E-state index in [0.717, 1.165) is 11.3 Å². The molecule has 0 spiro atoms. The Hall–Kier alpha value is -2.92. The van der Waals surface area contributed by atoms with Crippen LogP contribution in [0.1, 0.15) is 21.6 Å². The van der Waals surface area contributed by atoms with Crippen LogP contribution in [0.2, 0.25) is 5.02 Å². The summed E-state index contributed by atoms with van der Waals surface area (Å²) in [7, 11) is 0. The summed E-state index contributed by atoms with van der Waals surface area (Å²) in [5.41, 5.74) is 3.32. The first-order chi connectivity index (χ1) is 12.1. The third-order valence-corrected chi connectivity index (χ3v) is 3.81. The minimum atomic E-state index is -0.248. The summed E-state index contributed by atoms with van der Waals surface area (Å²) in [5.74, 6) is 0.104. The Bertz CT molecular complexity index is 863. The maximum atomic E-state index is 12.3. The minimum absolute atomic E-state index is 0.248. The van der Waals surface area contributed by atoms with E-state index < -0.39 is 0 Å². The summed E-state index contributed by atoms with van der Waals surface area (Å²) < 4.78 is 0. The highest BCUT2D eigenvalue weighted by Gasteiger charge is 2.09. The predicted octanol–water partition coefficient (Wildman–Crippen LogP) is 4.11. The fourth-order valence-corrected chi connectivity index (χ4v) is 2.31. The van der Waals surface area contributed by atoms with Crippen LogP contribution in [0.4, 0.5) is 11.6 Å². The lowest BCUT2D eigenvalue weighted by Gasteiger charge is -2.08. The molecule has 0 saturated carbocycles. The van der Waals surface area contributed by atoms with Gasteiger partial charge in [-0.15, -0.1) is 0 Å². The first-order valence-electron chi connectivity index (χ1n) is 7.79. The number of carbonyl (C=O) groups is 1. The van der Waals surface area contributed by atoms with Gasteiger partial charge in [0.05, 0.1) is 0 Å². The van der Waals surface area contributed by atoms with Crippen molar-refractivity contribution in [1.82, 2.24) is 15.3 Å². The van der Waals surface area contributed by atoms with Crippen molar-refractivity contribution in [3.05, 3.63) is 82.6 Å². The highest BCUT2D eigenvalue weighted by molar-refractivity contribution is 6.30. The first kappa shape index (κ1) is 16.9. The monoisotopic (exact) mass is 352 g/mol. The minimum Gasteiger partial charge on any atom is -0.347 e. The topological polar surface area (TPSA) is 66.9 Å². The van der Waals surface area contributed by atoms with Gasteiger partial charge < -0.3 is 10.6 Å². The van der Waals surface area contributed by atoms with Gasteiger partial charge in [0.15, 0.2) is 0 Å². The number of hydrogen-bond donors (Lipinski definition) is 2. The molecule has 0 radical (unpaired) electrons. The van der Waals surface area contributed by atoms with Gasteiger partial charge in [-0.3, -0.25) is 4.79 Å². The molecule has 6 heteroatoms. The van der Waals surface area contributed by atoms with E-state index in [1.165, 1.54) is 5.56 Å². The SMILES string of the molecule is Cc1ccc(CNC(=O)c2ccnc(Nc3ccc(Cl)cc3)n2)cc1. The second kappa shape index (κ2) is 7.77. The molecule has 5 nitrogen and oxygen atoms in total. The van der Waals surface area contributed by atoms with Crippen molar-refractivity contribution in [2.45, 2.75) is 13.5 Å². The van der Waals surface area contributed by atoms with Crippen LogP contribution < -0.4 is 10.6 Å². The van der Waals surface area contributed by atoms with Crippen molar-refractivity contribution in [2.24, 2.45) is 0 Å². The van der Waals surface area contributed by atoms with Crippen LogP contribution in [0.3, 0.4) is 0 Å². The molecule has 1 heterocycles. The van der Waals surface area contributed by atoms with Crippen molar-refractivity contribution in [3.8, 4) is 0 Å². The summed E-state index contributed by atoms with van der Waals surface area (Å²) in [6.07, 6.45) is 1.55. The predicted molar refractivity (Wildman–Crippen MR) is 99.1 cm³/mol. The number of rotatable bonds is 5. The number of anilines is 2. The fraction of sp³-hybridized carbons (Fsp3) is 0.105. The molecule has 2 N–H and O–H groups in total. The van der Waals surface area contributed by atoms with Crippen molar-refractivity contribution in [3.63, 3.8) is 0 Å². The normalized spacial score (nSPS) is 10.3. The van der Waals surface area contributed by atoms with E-state index in [-0.39, 0.29) is 5.91 Å². The number of benzene rings is 2. The number of aryl methyl sites for hydroxylation is 1. The molecule has 3 aromatic rings. The highest BCUT2D eigenvalue weighted by atomic mass is 35.5. The Morgan fingerprint density at radius 1 is 1.04 bits per heavy atom. The average molecular weight is 353 g/mol. The molecule has 0 bridgehead atoms. The van der Waals surface area contributed by atoms with Crippen LogP contribution >= 0.6 is 11.6 Å².